The monoisotopic (exact) mass is 202 g/mol. The van der Waals surface area contributed by atoms with Crippen molar-refractivity contribution in [2.24, 2.45) is 14.6 Å². The average Bonchev–Trinajstić information content (AvgIpc) is 2.50. The van der Waals surface area contributed by atoms with E-state index in [9.17, 15) is 8.42 Å². The predicted molar refractivity (Wildman–Crippen MR) is 39.0 cm³/mol. The molecule has 0 radical (unpaired) electrons. The van der Waals surface area contributed by atoms with Crippen molar-refractivity contribution in [3.63, 3.8) is 0 Å². The van der Waals surface area contributed by atoms with E-state index >= 15 is 0 Å². The molecule has 2 N–H and O–H groups in total. The van der Waals surface area contributed by atoms with Gasteiger partial charge in [0, 0.05) is 0 Å². The highest BCUT2D eigenvalue weighted by molar-refractivity contribution is 7.84. The smallest absolute Gasteiger partial charge is 0.268 e. The van der Waals surface area contributed by atoms with Crippen LogP contribution in [-0.2, 0) is 10.3 Å². The van der Waals surface area contributed by atoms with E-state index in [0.29, 0.717) is 0 Å². The highest BCUT2D eigenvalue weighted by atomic mass is 32.2. The summed E-state index contributed by atoms with van der Waals surface area (Å²) in [5.74, 6) is -0.145. The maximum Gasteiger partial charge on any atom is 0.380 e. The summed E-state index contributed by atoms with van der Waals surface area (Å²) in [5.41, 5.74) is 0.0950. The number of azo groups is 1. The van der Waals surface area contributed by atoms with E-state index in [4.69, 9.17) is 4.55 Å². The van der Waals surface area contributed by atoms with Gasteiger partial charge in [0.15, 0.2) is 5.69 Å². The van der Waals surface area contributed by atoms with E-state index in [1.165, 1.54) is 0 Å². The molecular formula is C3H2N6O3S. The van der Waals surface area contributed by atoms with Crippen LogP contribution in [0.15, 0.2) is 14.6 Å². The maximum atomic E-state index is 10.3. The van der Waals surface area contributed by atoms with E-state index in [1.807, 2.05) is 0 Å². The average molecular weight is 202 g/mol. The maximum absolute atomic E-state index is 10.3. The summed E-state index contributed by atoms with van der Waals surface area (Å²) >= 11 is 0. The Labute approximate surface area is 71.5 Å². The molecule has 0 atom stereocenters. The van der Waals surface area contributed by atoms with Gasteiger partial charge < -0.3 is 0 Å². The second-order valence-electron chi connectivity index (χ2n) is 2.06. The molecule has 0 unspecified atom stereocenters. The molecule has 2 heterocycles. The van der Waals surface area contributed by atoms with Gasteiger partial charge in [0.05, 0.1) is 0 Å². The first-order valence-corrected chi connectivity index (χ1v) is 4.36. The first kappa shape index (κ1) is 7.94. The zero-order valence-electron chi connectivity index (χ0n) is 5.91. The fraction of sp³-hybridized carbons (Fsp3) is 0. The van der Waals surface area contributed by atoms with Crippen molar-refractivity contribution in [3.8, 4) is 0 Å². The van der Waals surface area contributed by atoms with Gasteiger partial charge >= 0.3 is 10.3 Å². The van der Waals surface area contributed by atoms with Crippen LogP contribution in [0.3, 0.4) is 0 Å². The minimum atomic E-state index is -4.48. The Morgan fingerprint density at radius 1 is 1.31 bits per heavy atom. The van der Waals surface area contributed by atoms with E-state index in [2.05, 4.69) is 30.0 Å². The number of rotatable bonds is 1. The number of aromatic nitrogens is 3. The van der Waals surface area contributed by atoms with E-state index in [1.54, 1.807) is 0 Å². The molecular weight excluding hydrogens is 200 g/mol. The number of nitrogens with zero attached hydrogens (tertiary/aromatic N) is 5. The molecule has 0 aliphatic carbocycles. The third-order valence-electron chi connectivity index (χ3n) is 1.18. The molecule has 10 heteroatoms. The van der Waals surface area contributed by atoms with Gasteiger partial charge in [-0.25, -0.2) is 0 Å². The molecule has 9 nitrogen and oxygen atoms in total. The van der Waals surface area contributed by atoms with Crippen LogP contribution in [0.5, 0.6) is 0 Å². The Morgan fingerprint density at radius 3 is 2.77 bits per heavy atom. The van der Waals surface area contributed by atoms with E-state index in [-0.39, 0.29) is 17.3 Å². The molecule has 0 amide bonds. The highest BCUT2D eigenvalue weighted by Crippen LogP contribution is 2.21. The topological polar surface area (TPSA) is 133 Å². The van der Waals surface area contributed by atoms with Gasteiger partial charge in [-0.05, 0) is 0 Å². The summed E-state index contributed by atoms with van der Waals surface area (Å²) in [4.78, 5) is 0. The van der Waals surface area contributed by atoms with Crippen molar-refractivity contribution >= 4 is 22.0 Å². The van der Waals surface area contributed by atoms with Gasteiger partial charge in [-0.15, -0.1) is 19.7 Å². The first-order chi connectivity index (χ1) is 6.06. The molecule has 2 rings (SSSR count). The van der Waals surface area contributed by atoms with Crippen LogP contribution >= 0.6 is 0 Å². The summed E-state index contributed by atoms with van der Waals surface area (Å²) in [5, 5.41) is 16.0. The third kappa shape index (κ3) is 1.43. The van der Waals surface area contributed by atoms with Crippen molar-refractivity contribution in [1.82, 2.24) is 15.4 Å². The third-order valence-corrected chi connectivity index (χ3v) is 1.59. The van der Waals surface area contributed by atoms with Gasteiger partial charge in [0.25, 0.3) is 0 Å². The van der Waals surface area contributed by atoms with Gasteiger partial charge in [0.2, 0.25) is 11.7 Å². The van der Waals surface area contributed by atoms with Crippen molar-refractivity contribution in [2.45, 2.75) is 0 Å². The molecule has 0 spiro atoms. The second kappa shape index (κ2) is 2.40. The van der Waals surface area contributed by atoms with Crippen molar-refractivity contribution in [1.29, 1.82) is 0 Å². The summed E-state index contributed by atoms with van der Waals surface area (Å²) in [7, 11) is -4.48. The Bertz CT molecular complexity index is 497. The van der Waals surface area contributed by atoms with Crippen LogP contribution in [-0.4, -0.2) is 34.2 Å². The molecule has 1 aromatic rings. The zero-order valence-corrected chi connectivity index (χ0v) is 6.72. The number of fused-ring (bicyclic) bond motifs is 1. The first-order valence-electron chi connectivity index (χ1n) is 2.96. The lowest BCUT2D eigenvalue weighted by Gasteiger charge is -1.86. The molecule has 1 aliphatic rings. The fourth-order valence-electron chi connectivity index (χ4n) is 0.758. The lowest BCUT2D eigenvalue weighted by Crippen LogP contribution is -2.00. The van der Waals surface area contributed by atoms with Crippen LogP contribution in [0.1, 0.15) is 5.69 Å². The summed E-state index contributed by atoms with van der Waals surface area (Å²) in [6, 6.07) is 0. The lowest BCUT2D eigenvalue weighted by molar-refractivity contribution is 0.485. The van der Waals surface area contributed by atoms with Crippen molar-refractivity contribution < 1.29 is 13.0 Å². The van der Waals surface area contributed by atoms with Crippen LogP contribution in [0.2, 0.25) is 0 Å². The van der Waals surface area contributed by atoms with E-state index < -0.39 is 10.3 Å². The van der Waals surface area contributed by atoms with Crippen LogP contribution in [0, 0.1) is 0 Å². The molecule has 0 saturated carbocycles. The molecule has 1 aliphatic heterocycles. The molecule has 1 aromatic heterocycles. The quantitative estimate of drug-likeness (QED) is 0.589. The molecule has 0 aromatic carbocycles. The number of amidine groups is 1. The minimum absolute atomic E-state index is 0.0950. The Balaban J connectivity index is 2.54. The van der Waals surface area contributed by atoms with Crippen LogP contribution in [0.4, 0.5) is 5.82 Å². The van der Waals surface area contributed by atoms with Crippen LogP contribution in [0.25, 0.3) is 0 Å². The van der Waals surface area contributed by atoms with Crippen molar-refractivity contribution in [3.05, 3.63) is 5.69 Å². The standard InChI is InChI=1S/C3H2N6O3S/c10-13(11,12)8-3-1-2(5-6-3)7-9-4-1/h(H,4,7,9)(H,10,11,12). The minimum Gasteiger partial charge on any atom is -0.268 e. The zero-order chi connectivity index (χ0) is 9.47. The number of hydrogen-bond acceptors (Lipinski definition) is 5. The van der Waals surface area contributed by atoms with Gasteiger partial charge in [-0.1, -0.05) is 0 Å². The Hall–Kier alpha value is -1.68. The molecule has 0 fully saturated rings. The van der Waals surface area contributed by atoms with Gasteiger partial charge in [0.1, 0.15) is 0 Å². The molecule has 13 heavy (non-hydrogen) atoms. The predicted octanol–water partition coefficient (Wildman–Crippen LogP) is -0.549. The SMILES string of the molecule is O=S(=O)(O)N=C1N=Nc2n[nH]nc21. The van der Waals surface area contributed by atoms with Crippen LogP contribution < -0.4 is 0 Å². The normalized spacial score (nSPS) is 18.1. The highest BCUT2D eigenvalue weighted by Gasteiger charge is 2.22. The molecule has 0 bridgehead atoms. The Kier molecular flexibility index (Phi) is 1.47. The lowest BCUT2D eigenvalue weighted by atomic mass is 10.4. The summed E-state index contributed by atoms with van der Waals surface area (Å²) in [6.45, 7) is 0. The summed E-state index contributed by atoms with van der Waals surface area (Å²) in [6.07, 6.45) is 0. The number of hydrogen-bond donors (Lipinski definition) is 2. The largest absolute Gasteiger partial charge is 0.380 e. The Morgan fingerprint density at radius 2 is 2.08 bits per heavy atom. The molecule has 0 saturated heterocycles. The summed E-state index contributed by atoms with van der Waals surface area (Å²) < 4.78 is 31.9. The fourth-order valence-corrected chi connectivity index (χ4v) is 1.10. The van der Waals surface area contributed by atoms with Gasteiger partial charge in [-0.2, -0.15) is 18.7 Å². The van der Waals surface area contributed by atoms with Crippen molar-refractivity contribution in [2.75, 3.05) is 0 Å². The second-order valence-corrected chi connectivity index (χ2v) is 3.14. The van der Waals surface area contributed by atoms with E-state index in [0.717, 1.165) is 0 Å². The van der Waals surface area contributed by atoms with Gasteiger partial charge in [-0.3, -0.25) is 4.55 Å². The number of nitrogens with one attached hydrogen (secondary N) is 1. The molecule has 68 valence electrons. The number of aromatic amines is 1. The number of H-pyrrole nitrogens is 1.